The lowest BCUT2D eigenvalue weighted by Crippen LogP contribution is -2.13. The zero-order valence-corrected chi connectivity index (χ0v) is 17.9. The van der Waals surface area contributed by atoms with Gasteiger partial charge in [-0.2, -0.15) is 0 Å². The van der Waals surface area contributed by atoms with Crippen LogP contribution in [0.3, 0.4) is 0 Å². The summed E-state index contributed by atoms with van der Waals surface area (Å²) in [5.41, 5.74) is 1.99. The van der Waals surface area contributed by atoms with Gasteiger partial charge in [0.15, 0.2) is 11.6 Å². The fourth-order valence-corrected chi connectivity index (χ4v) is 3.08. The number of ketones is 1. The number of benzene rings is 2. The first kappa shape index (κ1) is 22.1. The van der Waals surface area contributed by atoms with E-state index < -0.39 is 0 Å². The third-order valence-corrected chi connectivity index (χ3v) is 4.80. The van der Waals surface area contributed by atoms with E-state index in [1.54, 1.807) is 48.1 Å². The lowest BCUT2D eigenvalue weighted by Gasteiger charge is -2.08. The number of aromatic nitrogens is 4. The van der Waals surface area contributed by atoms with Gasteiger partial charge < -0.3 is 10.1 Å². The number of amides is 1. The topological polar surface area (TPSA) is 99.0 Å². The highest BCUT2D eigenvalue weighted by Crippen LogP contribution is 2.20. The Morgan fingerprint density at radius 2 is 1.87 bits per heavy atom. The highest BCUT2D eigenvalue weighted by atomic mass is 16.5. The molecule has 8 nitrogen and oxygen atoms in total. The number of carbonyl (C=O) groups excluding carboxylic acids is 2. The van der Waals surface area contributed by atoms with E-state index in [1.165, 1.54) is 0 Å². The summed E-state index contributed by atoms with van der Waals surface area (Å²) in [5.74, 6) is 1.05. The van der Waals surface area contributed by atoms with E-state index in [0.29, 0.717) is 23.7 Å². The summed E-state index contributed by atoms with van der Waals surface area (Å²) in [6, 6.07) is 14.3. The number of tetrazole rings is 1. The number of anilines is 1. The van der Waals surface area contributed by atoms with Crippen LogP contribution in [0.25, 0.3) is 11.4 Å². The Labute approximate surface area is 181 Å². The minimum absolute atomic E-state index is 0.0772. The first-order valence-corrected chi connectivity index (χ1v) is 10.5. The molecule has 0 unspecified atom stereocenters. The Hall–Kier alpha value is -3.55. The van der Waals surface area contributed by atoms with Crippen LogP contribution < -0.4 is 10.1 Å². The number of unbranched alkanes of at least 4 members (excludes halogenated alkanes) is 2. The van der Waals surface area contributed by atoms with Crippen molar-refractivity contribution in [3.05, 3.63) is 54.1 Å². The molecule has 8 heteroatoms. The van der Waals surface area contributed by atoms with Gasteiger partial charge in [-0.15, -0.1) is 5.10 Å². The average molecular weight is 422 g/mol. The first-order valence-electron chi connectivity index (χ1n) is 10.5. The van der Waals surface area contributed by atoms with E-state index in [1.807, 2.05) is 12.1 Å². The largest absolute Gasteiger partial charge is 0.494 e. The SMILES string of the molecule is CCCCCOc1ccc(C(=O)CCC(=O)Nc2cccc(-c3nnnn3C)c2)cc1. The Bertz CT molecular complexity index is 1010. The summed E-state index contributed by atoms with van der Waals surface area (Å²) >= 11 is 0. The van der Waals surface area contributed by atoms with E-state index in [0.717, 1.165) is 30.6 Å². The molecule has 0 saturated heterocycles. The van der Waals surface area contributed by atoms with Crippen molar-refractivity contribution in [1.29, 1.82) is 0 Å². The highest BCUT2D eigenvalue weighted by Gasteiger charge is 2.11. The number of rotatable bonds is 11. The van der Waals surface area contributed by atoms with Gasteiger partial charge in [0.2, 0.25) is 5.91 Å². The summed E-state index contributed by atoms with van der Waals surface area (Å²) < 4.78 is 7.22. The number of hydrogen-bond donors (Lipinski definition) is 1. The van der Waals surface area contributed by atoms with Crippen LogP contribution in [0.5, 0.6) is 5.75 Å². The van der Waals surface area contributed by atoms with E-state index >= 15 is 0 Å². The minimum atomic E-state index is -0.225. The van der Waals surface area contributed by atoms with Gasteiger partial charge in [0, 0.05) is 36.7 Å². The fraction of sp³-hybridized carbons (Fsp3) is 0.348. The quantitative estimate of drug-likeness (QED) is 0.370. The molecule has 0 bridgehead atoms. The molecule has 1 N–H and O–H groups in total. The molecule has 0 atom stereocenters. The molecule has 162 valence electrons. The van der Waals surface area contributed by atoms with Crippen LogP contribution in [-0.4, -0.2) is 38.5 Å². The monoisotopic (exact) mass is 421 g/mol. The van der Waals surface area contributed by atoms with E-state index in [4.69, 9.17) is 4.74 Å². The molecule has 3 aromatic rings. The van der Waals surface area contributed by atoms with Crippen molar-refractivity contribution < 1.29 is 14.3 Å². The molecule has 1 heterocycles. The predicted octanol–water partition coefficient (Wildman–Crippen LogP) is 4.05. The van der Waals surface area contributed by atoms with Gasteiger partial charge >= 0.3 is 0 Å². The van der Waals surface area contributed by atoms with Crippen LogP contribution in [-0.2, 0) is 11.8 Å². The van der Waals surface area contributed by atoms with Gasteiger partial charge in [0.25, 0.3) is 0 Å². The fourth-order valence-electron chi connectivity index (χ4n) is 3.08. The van der Waals surface area contributed by atoms with Crippen molar-refractivity contribution in [2.75, 3.05) is 11.9 Å². The Morgan fingerprint density at radius 1 is 1.06 bits per heavy atom. The standard InChI is InChI=1S/C23H27N5O3/c1-3-4-5-15-31-20-11-9-17(10-12-20)21(29)13-14-22(30)24-19-8-6-7-18(16-19)23-25-26-27-28(23)2/h6-12,16H,3-5,13-15H2,1-2H3,(H,24,30). The van der Waals surface area contributed by atoms with Crippen LogP contribution in [0, 0.1) is 0 Å². The number of ether oxygens (including phenoxy) is 1. The Kier molecular flexibility index (Phi) is 7.86. The van der Waals surface area contributed by atoms with Crippen LogP contribution in [0.4, 0.5) is 5.69 Å². The second-order valence-corrected chi connectivity index (χ2v) is 7.26. The van der Waals surface area contributed by atoms with E-state index in [9.17, 15) is 9.59 Å². The molecule has 1 amide bonds. The van der Waals surface area contributed by atoms with Gasteiger partial charge in [-0.3, -0.25) is 9.59 Å². The molecular weight excluding hydrogens is 394 g/mol. The molecule has 31 heavy (non-hydrogen) atoms. The van der Waals surface area contributed by atoms with Gasteiger partial charge in [-0.25, -0.2) is 4.68 Å². The summed E-state index contributed by atoms with van der Waals surface area (Å²) in [5, 5.41) is 14.2. The summed E-state index contributed by atoms with van der Waals surface area (Å²) in [7, 11) is 1.75. The van der Waals surface area contributed by atoms with Gasteiger partial charge in [0.1, 0.15) is 5.75 Å². The lowest BCUT2D eigenvalue weighted by atomic mass is 10.1. The molecule has 0 fully saturated rings. The van der Waals surface area contributed by atoms with E-state index in [2.05, 4.69) is 27.8 Å². The molecular formula is C23H27N5O3. The number of nitrogens with zero attached hydrogens (tertiary/aromatic N) is 4. The third kappa shape index (κ3) is 6.47. The molecule has 0 radical (unpaired) electrons. The number of carbonyl (C=O) groups is 2. The third-order valence-electron chi connectivity index (χ3n) is 4.80. The highest BCUT2D eigenvalue weighted by molar-refractivity contribution is 6.00. The number of hydrogen-bond acceptors (Lipinski definition) is 6. The number of nitrogens with one attached hydrogen (secondary N) is 1. The summed E-state index contributed by atoms with van der Waals surface area (Å²) in [4.78, 5) is 24.7. The molecule has 0 spiro atoms. The second kappa shape index (κ2) is 11.0. The van der Waals surface area contributed by atoms with Gasteiger partial charge in [0.05, 0.1) is 6.61 Å². The van der Waals surface area contributed by atoms with Gasteiger partial charge in [-0.1, -0.05) is 31.9 Å². The minimum Gasteiger partial charge on any atom is -0.494 e. The maximum Gasteiger partial charge on any atom is 0.224 e. The number of Topliss-reactive ketones (excluding diaryl/α,β-unsaturated/α-hetero) is 1. The Morgan fingerprint density at radius 3 is 2.58 bits per heavy atom. The normalized spacial score (nSPS) is 10.6. The van der Waals surface area contributed by atoms with Crippen molar-refractivity contribution in [2.24, 2.45) is 7.05 Å². The molecule has 2 aromatic carbocycles. The zero-order chi connectivity index (χ0) is 22.1. The van der Waals surface area contributed by atoms with Crippen LogP contribution >= 0.6 is 0 Å². The molecule has 0 aliphatic carbocycles. The number of aryl methyl sites for hydroxylation is 1. The lowest BCUT2D eigenvalue weighted by molar-refractivity contribution is -0.116. The zero-order valence-electron chi connectivity index (χ0n) is 17.9. The average Bonchev–Trinajstić information content (AvgIpc) is 3.21. The van der Waals surface area contributed by atoms with Crippen molar-refractivity contribution in [1.82, 2.24) is 20.2 Å². The van der Waals surface area contributed by atoms with Crippen LogP contribution in [0.1, 0.15) is 49.4 Å². The molecule has 0 aliphatic rings. The predicted molar refractivity (Wildman–Crippen MR) is 118 cm³/mol. The smallest absolute Gasteiger partial charge is 0.224 e. The second-order valence-electron chi connectivity index (χ2n) is 7.26. The molecule has 1 aromatic heterocycles. The maximum absolute atomic E-state index is 12.4. The van der Waals surface area contributed by atoms with Crippen LogP contribution in [0.15, 0.2) is 48.5 Å². The maximum atomic E-state index is 12.4. The van der Waals surface area contributed by atoms with Crippen LogP contribution in [0.2, 0.25) is 0 Å². The molecule has 0 aliphatic heterocycles. The molecule has 0 saturated carbocycles. The Balaban J connectivity index is 1.48. The summed E-state index contributed by atoms with van der Waals surface area (Å²) in [6.07, 6.45) is 3.54. The van der Waals surface area contributed by atoms with Crippen molar-refractivity contribution in [3.8, 4) is 17.1 Å². The summed E-state index contributed by atoms with van der Waals surface area (Å²) in [6.45, 7) is 2.82. The molecule has 3 rings (SSSR count). The van der Waals surface area contributed by atoms with Crippen molar-refractivity contribution >= 4 is 17.4 Å². The van der Waals surface area contributed by atoms with Gasteiger partial charge in [-0.05, 0) is 53.2 Å². The van der Waals surface area contributed by atoms with Crippen molar-refractivity contribution in [3.63, 3.8) is 0 Å². The van der Waals surface area contributed by atoms with E-state index in [-0.39, 0.29) is 24.5 Å². The van der Waals surface area contributed by atoms with Crippen molar-refractivity contribution in [2.45, 2.75) is 39.0 Å². The first-order chi connectivity index (χ1) is 15.1.